The molecule has 1 aromatic heterocycles. The van der Waals surface area contributed by atoms with Gasteiger partial charge in [-0.15, -0.1) is 0 Å². The van der Waals surface area contributed by atoms with E-state index in [2.05, 4.69) is 20.6 Å². The number of nitrogens with one attached hydrogen (secondary N) is 2. The van der Waals surface area contributed by atoms with E-state index in [9.17, 15) is 0 Å². The maximum absolute atomic E-state index is 5.89. The SMILES string of the molecule is Clc1ccc(Nc2nccc(NCc3ccc4c(c3)OCO4)n2)cc1. The van der Waals surface area contributed by atoms with E-state index in [1.165, 1.54) is 0 Å². The summed E-state index contributed by atoms with van der Waals surface area (Å²) in [5.74, 6) is 2.79. The van der Waals surface area contributed by atoms with E-state index in [1.54, 1.807) is 6.20 Å². The molecule has 0 radical (unpaired) electrons. The normalized spacial score (nSPS) is 12.0. The lowest BCUT2D eigenvalue weighted by Crippen LogP contribution is -2.04. The molecule has 1 aliphatic rings. The second-order valence-corrected chi connectivity index (χ2v) is 5.87. The first-order valence-corrected chi connectivity index (χ1v) is 8.12. The molecule has 3 aromatic rings. The highest BCUT2D eigenvalue weighted by Gasteiger charge is 2.13. The van der Waals surface area contributed by atoms with Gasteiger partial charge in [-0.05, 0) is 48.0 Å². The molecule has 0 bridgehead atoms. The highest BCUT2D eigenvalue weighted by atomic mass is 35.5. The molecule has 0 saturated heterocycles. The Bertz CT molecular complexity index is 886. The number of fused-ring (bicyclic) bond motifs is 1. The van der Waals surface area contributed by atoms with Crippen LogP contribution in [-0.4, -0.2) is 16.8 Å². The molecular formula is C18H15ClN4O2. The fourth-order valence-corrected chi connectivity index (χ4v) is 2.55. The minimum absolute atomic E-state index is 0.276. The number of anilines is 3. The van der Waals surface area contributed by atoms with Gasteiger partial charge in [0.1, 0.15) is 5.82 Å². The van der Waals surface area contributed by atoms with Gasteiger partial charge >= 0.3 is 0 Å². The molecule has 0 saturated carbocycles. The zero-order chi connectivity index (χ0) is 17.1. The highest BCUT2D eigenvalue weighted by molar-refractivity contribution is 6.30. The molecule has 1 aliphatic heterocycles. The smallest absolute Gasteiger partial charge is 0.231 e. The molecule has 0 atom stereocenters. The Kier molecular flexibility index (Phi) is 4.26. The predicted octanol–water partition coefficient (Wildman–Crippen LogP) is 4.21. The van der Waals surface area contributed by atoms with E-state index < -0.39 is 0 Å². The lowest BCUT2D eigenvalue weighted by Gasteiger charge is -2.09. The van der Waals surface area contributed by atoms with Crippen molar-refractivity contribution in [3.63, 3.8) is 0 Å². The molecule has 0 spiro atoms. The molecule has 2 aromatic carbocycles. The van der Waals surface area contributed by atoms with Crippen LogP contribution in [0.2, 0.25) is 5.02 Å². The Hall–Kier alpha value is -2.99. The van der Waals surface area contributed by atoms with Crippen LogP contribution in [0.1, 0.15) is 5.56 Å². The quantitative estimate of drug-likeness (QED) is 0.715. The summed E-state index contributed by atoms with van der Waals surface area (Å²) in [5.41, 5.74) is 1.95. The van der Waals surface area contributed by atoms with Gasteiger partial charge in [0.15, 0.2) is 11.5 Å². The second kappa shape index (κ2) is 6.86. The standard InChI is InChI=1S/C18H15ClN4O2/c19-13-2-4-14(5-3-13)22-18-20-8-7-17(23-18)21-10-12-1-6-15-16(9-12)25-11-24-15/h1-9H,10-11H2,(H2,20,21,22,23). The van der Waals surface area contributed by atoms with Crippen molar-refractivity contribution >= 4 is 29.1 Å². The maximum Gasteiger partial charge on any atom is 0.231 e. The Morgan fingerprint density at radius 3 is 2.72 bits per heavy atom. The van der Waals surface area contributed by atoms with Crippen LogP contribution in [0.5, 0.6) is 11.5 Å². The predicted molar refractivity (Wildman–Crippen MR) is 96.7 cm³/mol. The third-order valence-electron chi connectivity index (χ3n) is 3.67. The van der Waals surface area contributed by atoms with Gasteiger partial charge in [-0.1, -0.05) is 17.7 Å². The summed E-state index contributed by atoms with van der Waals surface area (Å²) in [6.45, 7) is 0.895. The first kappa shape index (κ1) is 15.5. The summed E-state index contributed by atoms with van der Waals surface area (Å²) in [6, 6.07) is 15.1. The molecule has 126 valence electrons. The van der Waals surface area contributed by atoms with Crippen LogP contribution in [0.4, 0.5) is 17.5 Å². The number of hydrogen-bond acceptors (Lipinski definition) is 6. The Balaban J connectivity index is 1.42. The number of halogens is 1. The third kappa shape index (κ3) is 3.75. The van der Waals surface area contributed by atoms with Gasteiger partial charge in [-0.25, -0.2) is 4.98 Å². The van der Waals surface area contributed by atoms with E-state index in [0.717, 1.165) is 28.6 Å². The molecule has 0 aliphatic carbocycles. The first-order chi connectivity index (χ1) is 12.3. The lowest BCUT2D eigenvalue weighted by atomic mass is 10.2. The van der Waals surface area contributed by atoms with Gasteiger partial charge in [0.2, 0.25) is 12.7 Å². The van der Waals surface area contributed by atoms with Crippen LogP contribution in [0.25, 0.3) is 0 Å². The lowest BCUT2D eigenvalue weighted by molar-refractivity contribution is 0.174. The Labute approximate surface area is 149 Å². The first-order valence-electron chi connectivity index (χ1n) is 7.74. The van der Waals surface area contributed by atoms with E-state index in [0.29, 0.717) is 17.5 Å². The molecule has 25 heavy (non-hydrogen) atoms. The summed E-state index contributed by atoms with van der Waals surface area (Å²) in [4.78, 5) is 8.68. The summed E-state index contributed by atoms with van der Waals surface area (Å²) in [5, 5.41) is 7.11. The molecule has 2 heterocycles. The monoisotopic (exact) mass is 354 g/mol. The van der Waals surface area contributed by atoms with Crippen molar-refractivity contribution in [1.29, 1.82) is 0 Å². The summed E-state index contributed by atoms with van der Waals surface area (Å²) in [6.07, 6.45) is 1.70. The van der Waals surface area contributed by atoms with Crippen LogP contribution in [0.3, 0.4) is 0 Å². The zero-order valence-electron chi connectivity index (χ0n) is 13.2. The van der Waals surface area contributed by atoms with E-state index in [1.807, 2.05) is 48.5 Å². The number of hydrogen-bond donors (Lipinski definition) is 2. The van der Waals surface area contributed by atoms with Crippen molar-refractivity contribution in [2.45, 2.75) is 6.54 Å². The van der Waals surface area contributed by atoms with Gasteiger partial charge in [0, 0.05) is 23.5 Å². The van der Waals surface area contributed by atoms with E-state index >= 15 is 0 Å². The van der Waals surface area contributed by atoms with Crippen LogP contribution < -0.4 is 20.1 Å². The van der Waals surface area contributed by atoms with Gasteiger partial charge in [0.05, 0.1) is 0 Å². The number of aromatic nitrogens is 2. The Morgan fingerprint density at radius 2 is 1.84 bits per heavy atom. The third-order valence-corrected chi connectivity index (χ3v) is 3.92. The van der Waals surface area contributed by atoms with Crippen LogP contribution in [0.15, 0.2) is 54.7 Å². The van der Waals surface area contributed by atoms with E-state index in [4.69, 9.17) is 21.1 Å². The summed E-state index contributed by atoms with van der Waals surface area (Å²) >= 11 is 5.89. The molecular weight excluding hydrogens is 340 g/mol. The van der Waals surface area contributed by atoms with E-state index in [-0.39, 0.29) is 6.79 Å². The van der Waals surface area contributed by atoms with Crippen molar-refractivity contribution in [2.75, 3.05) is 17.4 Å². The second-order valence-electron chi connectivity index (χ2n) is 5.44. The molecule has 7 heteroatoms. The van der Waals surface area contributed by atoms with Crippen LogP contribution >= 0.6 is 11.6 Å². The number of benzene rings is 2. The zero-order valence-corrected chi connectivity index (χ0v) is 14.0. The van der Waals surface area contributed by atoms with Crippen LogP contribution in [-0.2, 0) is 6.54 Å². The summed E-state index contributed by atoms with van der Waals surface area (Å²) < 4.78 is 10.7. The van der Waals surface area contributed by atoms with Gasteiger partial charge < -0.3 is 20.1 Å². The van der Waals surface area contributed by atoms with Crippen molar-refractivity contribution in [1.82, 2.24) is 9.97 Å². The molecule has 0 unspecified atom stereocenters. The minimum atomic E-state index is 0.276. The largest absolute Gasteiger partial charge is 0.454 e. The van der Waals surface area contributed by atoms with Crippen molar-refractivity contribution < 1.29 is 9.47 Å². The molecule has 6 nitrogen and oxygen atoms in total. The topological polar surface area (TPSA) is 68.3 Å². The van der Waals surface area contributed by atoms with Gasteiger partial charge in [-0.3, -0.25) is 0 Å². The maximum atomic E-state index is 5.89. The number of nitrogens with zero attached hydrogens (tertiary/aromatic N) is 2. The van der Waals surface area contributed by atoms with Crippen molar-refractivity contribution in [2.24, 2.45) is 0 Å². The molecule has 2 N–H and O–H groups in total. The van der Waals surface area contributed by atoms with Crippen molar-refractivity contribution in [3.8, 4) is 11.5 Å². The van der Waals surface area contributed by atoms with Gasteiger partial charge in [-0.2, -0.15) is 4.98 Å². The molecule has 4 rings (SSSR count). The highest BCUT2D eigenvalue weighted by Crippen LogP contribution is 2.32. The molecule has 0 fully saturated rings. The average molecular weight is 355 g/mol. The molecule has 0 amide bonds. The Morgan fingerprint density at radius 1 is 1.00 bits per heavy atom. The number of ether oxygens (including phenoxy) is 2. The number of rotatable bonds is 5. The minimum Gasteiger partial charge on any atom is -0.454 e. The summed E-state index contributed by atoms with van der Waals surface area (Å²) in [7, 11) is 0. The average Bonchev–Trinajstić information content (AvgIpc) is 3.10. The van der Waals surface area contributed by atoms with Gasteiger partial charge in [0.25, 0.3) is 0 Å². The van der Waals surface area contributed by atoms with Crippen molar-refractivity contribution in [3.05, 3.63) is 65.3 Å². The fraction of sp³-hybridized carbons (Fsp3) is 0.111. The fourth-order valence-electron chi connectivity index (χ4n) is 2.42. The van der Waals surface area contributed by atoms with Crippen LogP contribution in [0, 0.1) is 0 Å².